The van der Waals surface area contributed by atoms with E-state index in [0.29, 0.717) is 28.5 Å². The van der Waals surface area contributed by atoms with Crippen LogP contribution in [0, 0.1) is 28.6 Å². The molecule has 0 bridgehead atoms. The number of para-hydroxylation sites is 1. The number of fused-ring (bicyclic) bond motifs is 1. The maximum Gasteiger partial charge on any atom is 0.262 e. The second kappa shape index (κ2) is 8.77. The van der Waals surface area contributed by atoms with E-state index in [1.807, 2.05) is 12.1 Å². The van der Waals surface area contributed by atoms with E-state index in [1.165, 1.54) is 6.92 Å². The van der Waals surface area contributed by atoms with Crippen molar-refractivity contribution in [2.24, 2.45) is 11.8 Å². The molecule has 1 aromatic heterocycles. The Morgan fingerprint density at radius 1 is 1.38 bits per heavy atom. The molecular formula is C19H22N4O2S. The molecule has 0 unspecified atom stereocenters. The summed E-state index contributed by atoms with van der Waals surface area (Å²) in [5.41, 5.74) is 0.501. The van der Waals surface area contributed by atoms with Gasteiger partial charge in [-0.1, -0.05) is 37.7 Å². The van der Waals surface area contributed by atoms with E-state index in [4.69, 9.17) is 10.7 Å². The summed E-state index contributed by atoms with van der Waals surface area (Å²) in [7, 11) is 0. The molecule has 1 heterocycles. The van der Waals surface area contributed by atoms with Crippen molar-refractivity contribution in [1.29, 1.82) is 10.7 Å². The van der Waals surface area contributed by atoms with Crippen LogP contribution in [0.2, 0.25) is 0 Å². The lowest BCUT2D eigenvalue weighted by Crippen LogP contribution is -2.26. The molecule has 136 valence electrons. The lowest BCUT2D eigenvalue weighted by molar-refractivity contribution is -0.117. The Hall–Kier alpha value is -2.46. The van der Waals surface area contributed by atoms with Gasteiger partial charge in [-0.3, -0.25) is 14.2 Å². The predicted octanol–water partition coefficient (Wildman–Crippen LogP) is 3.28. The number of carbonyl (C=O) groups is 1. The van der Waals surface area contributed by atoms with Crippen LogP contribution in [-0.2, 0) is 11.3 Å². The topological polar surface area (TPSA) is 99.6 Å². The maximum atomic E-state index is 12.8. The first-order valence-electron chi connectivity index (χ1n) is 8.45. The third-order valence-electron chi connectivity index (χ3n) is 3.98. The van der Waals surface area contributed by atoms with Gasteiger partial charge < -0.3 is 5.41 Å². The Balaban J connectivity index is 2.36. The first kappa shape index (κ1) is 19.9. The normalized spacial score (nSPS) is 12.1. The van der Waals surface area contributed by atoms with Crippen molar-refractivity contribution < 1.29 is 4.79 Å². The molecule has 0 radical (unpaired) electrons. The summed E-state index contributed by atoms with van der Waals surface area (Å²) in [6.45, 7) is 6.14. The lowest BCUT2D eigenvalue weighted by atomic mass is 10.0. The fourth-order valence-electron chi connectivity index (χ4n) is 2.47. The highest BCUT2D eigenvalue weighted by molar-refractivity contribution is 7.99. The fourth-order valence-corrected chi connectivity index (χ4v) is 3.40. The third-order valence-corrected chi connectivity index (χ3v) is 4.98. The number of aromatic nitrogens is 2. The van der Waals surface area contributed by atoms with E-state index in [9.17, 15) is 9.59 Å². The standard InChI is InChI=1S/C19H22N4O2S/c1-12(2)8-9-23-18(25)14-6-4-5-7-16(14)22-19(23)26-11-17(24)15(10-20)13(3)21/h4-7,12,15,21H,8-9,11H2,1-3H3/t15-/m0/s1. The van der Waals surface area contributed by atoms with Crippen LogP contribution in [-0.4, -0.2) is 26.8 Å². The van der Waals surface area contributed by atoms with E-state index in [-0.39, 0.29) is 22.8 Å². The Kier molecular flexibility index (Phi) is 6.70. The second-order valence-electron chi connectivity index (χ2n) is 6.55. The van der Waals surface area contributed by atoms with E-state index < -0.39 is 5.92 Å². The quantitative estimate of drug-likeness (QED) is 0.437. The smallest absolute Gasteiger partial charge is 0.262 e. The summed E-state index contributed by atoms with van der Waals surface area (Å²) >= 11 is 1.15. The number of Topliss-reactive ketones (excluding diaryl/α,β-unsaturated/α-hetero) is 1. The van der Waals surface area contributed by atoms with Crippen molar-refractivity contribution in [2.45, 2.75) is 38.9 Å². The molecule has 0 aliphatic carbocycles. The number of carbonyl (C=O) groups excluding carboxylic acids is 1. The van der Waals surface area contributed by atoms with Crippen LogP contribution in [0.1, 0.15) is 27.2 Å². The zero-order valence-corrected chi connectivity index (χ0v) is 16.0. The second-order valence-corrected chi connectivity index (χ2v) is 7.49. The molecule has 7 heteroatoms. The van der Waals surface area contributed by atoms with Gasteiger partial charge >= 0.3 is 0 Å². The van der Waals surface area contributed by atoms with Gasteiger partial charge in [0.05, 0.1) is 22.7 Å². The molecule has 1 N–H and O–H groups in total. The summed E-state index contributed by atoms with van der Waals surface area (Å²) in [6.07, 6.45) is 0.821. The molecular weight excluding hydrogens is 348 g/mol. The summed E-state index contributed by atoms with van der Waals surface area (Å²) in [5, 5.41) is 17.6. The predicted molar refractivity (Wildman–Crippen MR) is 104 cm³/mol. The van der Waals surface area contributed by atoms with Gasteiger partial charge in [-0.25, -0.2) is 4.98 Å². The van der Waals surface area contributed by atoms with E-state index in [1.54, 1.807) is 22.8 Å². The molecule has 1 atom stereocenters. The zero-order valence-electron chi connectivity index (χ0n) is 15.2. The summed E-state index contributed by atoms with van der Waals surface area (Å²) < 4.78 is 1.61. The highest BCUT2D eigenvalue weighted by Crippen LogP contribution is 2.20. The first-order valence-corrected chi connectivity index (χ1v) is 9.43. The number of nitrogens with one attached hydrogen (secondary N) is 1. The molecule has 1 aromatic carbocycles. The molecule has 2 rings (SSSR count). The minimum Gasteiger partial charge on any atom is -0.308 e. The summed E-state index contributed by atoms with van der Waals surface area (Å²) in [4.78, 5) is 29.6. The van der Waals surface area contributed by atoms with Crippen molar-refractivity contribution in [3.05, 3.63) is 34.6 Å². The van der Waals surface area contributed by atoms with Crippen LogP contribution < -0.4 is 5.56 Å². The van der Waals surface area contributed by atoms with Crippen LogP contribution in [0.3, 0.4) is 0 Å². The number of ketones is 1. The first-order chi connectivity index (χ1) is 12.3. The van der Waals surface area contributed by atoms with Crippen molar-refractivity contribution in [1.82, 2.24) is 9.55 Å². The number of hydrogen-bond acceptors (Lipinski definition) is 6. The number of thioether (sulfide) groups is 1. The number of hydrogen-bond donors (Lipinski definition) is 1. The van der Waals surface area contributed by atoms with E-state index >= 15 is 0 Å². The molecule has 0 fully saturated rings. The van der Waals surface area contributed by atoms with Crippen molar-refractivity contribution in [3.8, 4) is 6.07 Å². The Bertz CT molecular complexity index is 927. The SMILES string of the molecule is CC(=N)[C@H](C#N)C(=O)CSc1nc2ccccc2c(=O)n1CCC(C)C. The molecule has 26 heavy (non-hydrogen) atoms. The maximum absolute atomic E-state index is 12.8. The van der Waals surface area contributed by atoms with Gasteiger partial charge in [0, 0.05) is 12.3 Å². The monoisotopic (exact) mass is 370 g/mol. The van der Waals surface area contributed by atoms with Crippen LogP contribution in [0.4, 0.5) is 0 Å². The van der Waals surface area contributed by atoms with Gasteiger partial charge in [-0.15, -0.1) is 0 Å². The molecule has 2 aromatic rings. The highest BCUT2D eigenvalue weighted by Gasteiger charge is 2.21. The Morgan fingerprint density at radius 3 is 2.69 bits per heavy atom. The van der Waals surface area contributed by atoms with Gasteiger partial charge in [-0.2, -0.15) is 5.26 Å². The number of nitriles is 1. The average molecular weight is 370 g/mol. The van der Waals surface area contributed by atoms with Gasteiger partial charge in [0.1, 0.15) is 5.92 Å². The van der Waals surface area contributed by atoms with Crippen molar-refractivity contribution in [3.63, 3.8) is 0 Å². The van der Waals surface area contributed by atoms with Crippen LogP contribution in [0.15, 0.2) is 34.2 Å². The number of rotatable bonds is 8. The molecule has 0 aliphatic rings. The van der Waals surface area contributed by atoms with Gasteiger partial charge in [0.25, 0.3) is 5.56 Å². The van der Waals surface area contributed by atoms with Crippen LogP contribution >= 0.6 is 11.8 Å². The molecule has 6 nitrogen and oxygen atoms in total. The van der Waals surface area contributed by atoms with Gasteiger partial charge in [0.2, 0.25) is 0 Å². The number of benzene rings is 1. The van der Waals surface area contributed by atoms with Gasteiger partial charge in [0.15, 0.2) is 10.9 Å². The minimum absolute atomic E-state index is 0.000898. The molecule has 0 amide bonds. The lowest BCUT2D eigenvalue weighted by Gasteiger charge is -2.14. The molecule has 0 aliphatic heterocycles. The van der Waals surface area contributed by atoms with Gasteiger partial charge in [-0.05, 0) is 31.4 Å². The minimum atomic E-state index is -1.04. The molecule has 0 saturated heterocycles. The van der Waals surface area contributed by atoms with Crippen molar-refractivity contribution in [2.75, 3.05) is 5.75 Å². The number of nitrogens with zero attached hydrogens (tertiary/aromatic N) is 3. The summed E-state index contributed by atoms with van der Waals surface area (Å²) in [6, 6.07) is 9.00. The summed E-state index contributed by atoms with van der Waals surface area (Å²) in [5.74, 6) is -0.959. The zero-order chi connectivity index (χ0) is 19.3. The Labute approximate surface area is 156 Å². The van der Waals surface area contributed by atoms with Crippen LogP contribution in [0.5, 0.6) is 0 Å². The fraction of sp³-hybridized carbons (Fsp3) is 0.421. The van der Waals surface area contributed by atoms with Crippen molar-refractivity contribution >= 4 is 34.2 Å². The largest absolute Gasteiger partial charge is 0.308 e. The Morgan fingerprint density at radius 2 is 2.08 bits per heavy atom. The highest BCUT2D eigenvalue weighted by atomic mass is 32.2. The molecule has 0 saturated carbocycles. The van der Waals surface area contributed by atoms with E-state index in [2.05, 4.69) is 18.8 Å². The third kappa shape index (κ3) is 4.58. The van der Waals surface area contributed by atoms with Crippen LogP contribution in [0.25, 0.3) is 10.9 Å². The average Bonchev–Trinajstić information content (AvgIpc) is 2.59. The van der Waals surface area contributed by atoms with E-state index in [0.717, 1.165) is 18.2 Å². The molecule has 0 spiro atoms.